The van der Waals surface area contributed by atoms with Crippen molar-refractivity contribution in [2.45, 2.75) is 38.8 Å². The monoisotopic (exact) mass is 310 g/mol. The molecular formula is C15H23BrN2. The van der Waals surface area contributed by atoms with Gasteiger partial charge in [-0.25, -0.2) is 0 Å². The van der Waals surface area contributed by atoms with Crippen molar-refractivity contribution in [2.75, 3.05) is 19.6 Å². The van der Waals surface area contributed by atoms with Crippen LogP contribution < -0.4 is 5.32 Å². The van der Waals surface area contributed by atoms with Gasteiger partial charge in [0.25, 0.3) is 0 Å². The molecule has 0 radical (unpaired) electrons. The van der Waals surface area contributed by atoms with Crippen molar-refractivity contribution >= 4 is 15.9 Å². The Morgan fingerprint density at radius 2 is 2.11 bits per heavy atom. The van der Waals surface area contributed by atoms with Gasteiger partial charge in [0.15, 0.2) is 0 Å². The van der Waals surface area contributed by atoms with Gasteiger partial charge in [-0.05, 0) is 31.0 Å². The van der Waals surface area contributed by atoms with Gasteiger partial charge in [0.2, 0.25) is 0 Å². The smallest absolute Gasteiger partial charge is 0.0321 e. The SMILES string of the molecule is CCCC1CN(C(C)c2ccc(Br)cc2)CCN1. The molecule has 0 saturated carbocycles. The van der Waals surface area contributed by atoms with Gasteiger partial charge in [-0.3, -0.25) is 4.90 Å². The van der Waals surface area contributed by atoms with Crippen LogP contribution in [0.3, 0.4) is 0 Å². The summed E-state index contributed by atoms with van der Waals surface area (Å²) in [6.45, 7) is 8.02. The summed E-state index contributed by atoms with van der Waals surface area (Å²) in [5.74, 6) is 0. The third kappa shape index (κ3) is 3.56. The number of benzene rings is 1. The zero-order valence-electron chi connectivity index (χ0n) is 11.3. The molecule has 1 aliphatic heterocycles. The molecule has 1 aromatic rings. The lowest BCUT2D eigenvalue weighted by atomic mass is 10.0. The van der Waals surface area contributed by atoms with Crippen molar-refractivity contribution in [1.82, 2.24) is 10.2 Å². The van der Waals surface area contributed by atoms with Crippen LogP contribution in [0.15, 0.2) is 28.7 Å². The Labute approximate surface area is 119 Å². The van der Waals surface area contributed by atoms with E-state index in [4.69, 9.17) is 0 Å². The van der Waals surface area contributed by atoms with Crippen LogP contribution >= 0.6 is 15.9 Å². The van der Waals surface area contributed by atoms with Crippen LogP contribution in [-0.2, 0) is 0 Å². The molecule has 100 valence electrons. The Bertz CT molecular complexity index is 361. The molecule has 2 unspecified atom stereocenters. The lowest BCUT2D eigenvalue weighted by Crippen LogP contribution is -2.51. The van der Waals surface area contributed by atoms with E-state index in [1.807, 2.05) is 0 Å². The van der Waals surface area contributed by atoms with Gasteiger partial charge in [-0.1, -0.05) is 41.4 Å². The second-order valence-electron chi connectivity index (χ2n) is 5.16. The fourth-order valence-electron chi connectivity index (χ4n) is 2.70. The number of rotatable bonds is 4. The number of piperazine rings is 1. The third-order valence-corrected chi connectivity index (χ3v) is 4.35. The van der Waals surface area contributed by atoms with Crippen LogP contribution in [0.5, 0.6) is 0 Å². The zero-order chi connectivity index (χ0) is 13.0. The summed E-state index contributed by atoms with van der Waals surface area (Å²) in [6.07, 6.45) is 2.54. The predicted molar refractivity (Wildman–Crippen MR) is 80.8 cm³/mol. The van der Waals surface area contributed by atoms with Gasteiger partial charge >= 0.3 is 0 Å². The van der Waals surface area contributed by atoms with Gasteiger partial charge < -0.3 is 5.32 Å². The minimum absolute atomic E-state index is 0.513. The minimum atomic E-state index is 0.513. The second kappa shape index (κ2) is 6.69. The van der Waals surface area contributed by atoms with Crippen molar-refractivity contribution in [1.29, 1.82) is 0 Å². The van der Waals surface area contributed by atoms with Gasteiger partial charge in [-0.2, -0.15) is 0 Å². The first-order valence-electron chi connectivity index (χ1n) is 6.93. The summed E-state index contributed by atoms with van der Waals surface area (Å²) >= 11 is 3.50. The third-order valence-electron chi connectivity index (χ3n) is 3.82. The van der Waals surface area contributed by atoms with Gasteiger partial charge in [0.1, 0.15) is 0 Å². The van der Waals surface area contributed by atoms with Gasteiger partial charge in [-0.15, -0.1) is 0 Å². The molecule has 2 rings (SSSR count). The largest absolute Gasteiger partial charge is 0.311 e. The minimum Gasteiger partial charge on any atom is -0.311 e. The number of nitrogens with one attached hydrogen (secondary N) is 1. The maximum Gasteiger partial charge on any atom is 0.0321 e. The van der Waals surface area contributed by atoms with Crippen molar-refractivity contribution in [3.8, 4) is 0 Å². The van der Waals surface area contributed by atoms with Crippen LogP contribution in [0, 0.1) is 0 Å². The van der Waals surface area contributed by atoms with Gasteiger partial charge in [0.05, 0.1) is 0 Å². The molecule has 18 heavy (non-hydrogen) atoms. The van der Waals surface area contributed by atoms with Crippen LogP contribution in [0.25, 0.3) is 0 Å². The topological polar surface area (TPSA) is 15.3 Å². The molecule has 3 heteroatoms. The van der Waals surface area contributed by atoms with E-state index in [0.717, 1.165) is 17.6 Å². The van der Waals surface area contributed by atoms with E-state index in [1.54, 1.807) is 0 Å². The predicted octanol–water partition coefficient (Wildman–Crippen LogP) is 3.58. The molecule has 1 fully saturated rings. The summed E-state index contributed by atoms with van der Waals surface area (Å²) in [7, 11) is 0. The molecule has 2 atom stereocenters. The molecule has 1 saturated heterocycles. The first-order chi connectivity index (χ1) is 8.70. The highest BCUT2D eigenvalue weighted by atomic mass is 79.9. The Balaban J connectivity index is 1.99. The van der Waals surface area contributed by atoms with Crippen molar-refractivity contribution in [3.05, 3.63) is 34.3 Å². The average molecular weight is 311 g/mol. The van der Waals surface area contributed by atoms with Gasteiger partial charge in [0, 0.05) is 36.2 Å². The van der Waals surface area contributed by atoms with E-state index in [9.17, 15) is 0 Å². The van der Waals surface area contributed by atoms with Crippen LogP contribution in [0.1, 0.15) is 38.3 Å². The summed E-state index contributed by atoms with van der Waals surface area (Å²) in [6, 6.07) is 9.91. The Morgan fingerprint density at radius 1 is 1.39 bits per heavy atom. The first kappa shape index (κ1) is 14.0. The second-order valence-corrected chi connectivity index (χ2v) is 6.08. The molecule has 0 aromatic heterocycles. The lowest BCUT2D eigenvalue weighted by Gasteiger charge is -2.37. The summed E-state index contributed by atoms with van der Waals surface area (Å²) < 4.78 is 1.16. The zero-order valence-corrected chi connectivity index (χ0v) is 12.9. The average Bonchev–Trinajstić information content (AvgIpc) is 2.39. The molecule has 0 amide bonds. The Hall–Kier alpha value is -0.380. The highest BCUT2D eigenvalue weighted by Gasteiger charge is 2.23. The number of halogens is 1. The van der Waals surface area contributed by atoms with Crippen molar-refractivity contribution < 1.29 is 0 Å². The molecule has 1 heterocycles. The molecule has 0 bridgehead atoms. The standard InChI is InChI=1S/C15H23BrN2/c1-3-4-15-11-18(10-9-17-15)12(2)13-5-7-14(16)8-6-13/h5-8,12,15,17H,3-4,9-11H2,1-2H3. The van der Waals surface area contributed by atoms with Crippen LogP contribution in [-0.4, -0.2) is 30.6 Å². The number of hydrogen-bond donors (Lipinski definition) is 1. The Kier molecular flexibility index (Phi) is 5.22. The number of hydrogen-bond acceptors (Lipinski definition) is 2. The van der Waals surface area contributed by atoms with E-state index in [2.05, 4.69) is 64.3 Å². The molecule has 0 aliphatic carbocycles. The molecule has 2 nitrogen and oxygen atoms in total. The van der Waals surface area contributed by atoms with Crippen LogP contribution in [0.4, 0.5) is 0 Å². The van der Waals surface area contributed by atoms with E-state index >= 15 is 0 Å². The van der Waals surface area contributed by atoms with E-state index in [-0.39, 0.29) is 0 Å². The summed E-state index contributed by atoms with van der Waals surface area (Å²) in [4.78, 5) is 2.60. The molecule has 1 aliphatic rings. The highest BCUT2D eigenvalue weighted by Crippen LogP contribution is 2.23. The Morgan fingerprint density at radius 3 is 2.78 bits per heavy atom. The molecular weight excluding hydrogens is 288 g/mol. The first-order valence-corrected chi connectivity index (χ1v) is 7.73. The normalized spacial score (nSPS) is 22.9. The summed E-state index contributed by atoms with van der Waals surface area (Å²) in [5, 5.41) is 3.62. The fourth-order valence-corrected chi connectivity index (χ4v) is 2.96. The lowest BCUT2D eigenvalue weighted by molar-refractivity contribution is 0.149. The fraction of sp³-hybridized carbons (Fsp3) is 0.600. The molecule has 1 N–H and O–H groups in total. The van der Waals surface area contributed by atoms with E-state index in [0.29, 0.717) is 12.1 Å². The van der Waals surface area contributed by atoms with E-state index < -0.39 is 0 Å². The van der Waals surface area contributed by atoms with Crippen LogP contribution in [0.2, 0.25) is 0 Å². The maximum atomic E-state index is 3.62. The summed E-state index contributed by atoms with van der Waals surface area (Å²) in [5.41, 5.74) is 1.41. The number of nitrogens with zero attached hydrogens (tertiary/aromatic N) is 1. The van der Waals surface area contributed by atoms with Crippen molar-refractivity contribution in [3.63, 3.8) is 0 Å². The highest BCUT2D eigenvalue weighted by molar-refractivity contribution is 9.10. The molecule has 1 aromatic carbocycles. The maximum absolute atomic E-state index is 3.62. The molecule has 0 spiro atoms. The quantitative estimate of drug-likeness (QED) is 0.914. The van der Waals surface area contributed by atoms with Crippen molar-refractivity contribution in [2.24, 2.45) is 0 Å². The van der Waals surface area contributed by atoms with E-state index in [1.165, 1.54) is 24.9 Å².